The summed E-state index contributed by atoms with van der Waals surface area (Å²) in [5, 5.41) is 0. The van der Waals surface area contributed by atoms with Crippen molar-refractivity contribution in [2.75, 3.05) is 32.9 Å². The van der Waals surface area contributed by atoms with Crippen molar-refractivity contribution < 1.29 is 49.7 Å². The Hall–Kier alpha value is -2.96. The third-order valence-electron chi connectivity index (χ3n) is 7.96. The zero-order valence-corrected chi connectivity index (χ0v) is 22.2. The van der Waals surface area contributed by atoms with Gasteiger partial charge in [0.1, 0.15) is 12.4 Å². The van der Waals surface area contributed by atoms with Crippen LogP contribution in [0.5, 0.6) is 0 Å². The van der Waals surface area contributed by atoms with Crippen LogP contribution < -0.4 is 0 Å². The van der Waals surface area contributed by atoms with Gasteiger partial charge in [-0.3, -0.25) is 4.79 Å². The number of nitrogens with zero attached hydrogens (tertiary/aromatic N) is 1. The first-order valence-electron chi connectivity index (χ1n) is 13.1. The van der Waals surface area contributed by atoms with Gasteiger partial charge in [-0.25, -0.2) is 4.39 Å². The molecule has 2 saturated heterocycles. The Morgan fingerprint density at radius 3 is 2.27 bits per heavy atom. The molecule has 5 nitrogen and oxygen atoms in total. The van der Waals surface area contributed by atoms with Crippen molar-refractivity contribution in [3.05, 3.63) is 81.8 Å². The molecule has 2 aromatic carbocycles. The van der Waals surface area contributed by atoms with E-state index in [4.69, 9.17) is 14.2 Å². The molecule has 0 N–H and O–H groups in total. The van der Waals surface area contributed by atoms with E-state index in [9.17, 15) is 35.5 Å². The predicted molar refractivity (Wildman–Crippen MR) is 132 cm³/mol. The fraction of sp³-hybridized carbons (Fsp3) is 0.483. The van der Waals surface area contributed by atoms with E-state index in [1.807, 2.05) is 4.90 Å². The van der Waals surface area contributed by atoms with E-state index >= 15 is 0 Å². The maximum absolute atomic E-state index is 14.0. The molecule has 5 atom stereocenters. The predicted octanol–water partition coefficient (Wildman–Crippen LogP) is 6.42. The molecule has 0 bridgehead atoms. The van der Waals surface area contributed by atoms with Crippen LogP contribution in [-0.2, 0) is 31.4 Å². The number of halogens is 7. The Morgan fingerprint density at radius 1 is 0.976 bits per heavy atom. The molecule has 1 unspecified atom stereocenters. The first-order valence-corrected chi connectivity index (χ1v) is 13.1. The van der Waals surface area contributed by atoms with Crippen LogP contribution in [0.4, 0.5) is 30.7 Å². The van der Waals surface area contributed by atoms with Crippen LogP contribution in [0.15, 0.2) is 48.2 Å². The third kappa shape index (κ3) is 6.29. The zero-order chi connectivity index (χ0) is 29.7. The van der Waals surface area contributed by atoms with E-state index in [1.54, 1.807) is 19.1 Å². The van der Waals surface area contributed by atoms with Gasteiger partial charge in [0.05, 0.1) is 30.4 Å². The third-order valence-corrected chi connectivity index (χ3v) is 7.96. The van der Waals surface area contributed by atoms with Crippen molar-refractivity contribution in [3.8, 4) is 0 Å². The fourth-order valence-electron chi connectivity index (χ4n) is 5.95. The number of fused-ring (bicyclic) bond motifs is 1. The molecule has 0 aliphatic carbocycles. The Balaban J connectivity index is 1.47. The van der Waals surface area contributed by atoms with Crippen molar-refractivity contribution in [1.82, 2.24) is 4.90 Å². The lowest BCUT2D eigenvalue weighted by atomic mass is 9.76. The van der Waals surface area contributed by atoms with Gasteiger partial charge in [-0.1, -0.05) is 6.07 Å². The summed E-state index contributed by atoms with van der Waals surface area (Å²) in [5.41, 5.74) is -1.14. The minimum atomic E-state index is -5.00. The summed E-state index contributed by atoms with van der Waals surface area (Å²) in [6.07, 6.45) is -10.7. The lowest BCUT2D eigenvalue weighted by Gasteiger charge is -2.41. The molecule has 0 spiro atoms. The number of likely N-dealkylation sites (tertiary alicyclic amines) is 1. The van der Waals surface area contributed by atoms with Crippen molar-refractivity contribution in [3.63, 3.8) is 0 Å². The Morgan fingerprint density at radius 2 is 1.66 bits per heavy atom. The minimum absolute atomic E-state index is 0.00407. The topological polar surface area (TPSA) is 48.0 Å². The van der Waals surface area contributed by atoms with Crippen LogP contribution in [-0.4, -0.2) is 49.9 Å². The van der Waals surface area contributed by atoms with E-state index in [2.05, 4.69) is 0 Å². The molecular weight excluding hydrogens is 559 g/mol. The molecular formula is C29H28F7NO4. The highest BCUT2D eigenvalue weighted by atomic mass is 19.4. The molecule has 12 heteroatoms. The Bertz CT molecular complexity index is 1310. The molecule has 3 aliphatic rings. The lowest BCUT2D eigenvalue weighted by molar-refractivity contribution is -0.217. The number of benzene rings is 2. The number of carbonyl (C=O) groups excluding carboxylic acids is 1. The molecule has 0 saturated carbocycles. The summed E-state index contributed by atoms with van der Waals surface area (Å²) in [4.78, 5) is 14.0. The molecule has 41 heavy (non-hydrogen) atoms. The summed E-state index contributed by atoms with van der Waals surface area (Å²) in [6.45, 7) is 4.60. The number of carbonyl (C=O) groups is 1. The maximum atomic E-state index is 14.0. The average Bonchev–Trinajstić information content (AvgIpc) is 3.32. The number of hydrogen-bond donors (Lipinski definition) is 0. The van der Waals surface area contributed by atoms with Gasteiger partial charge in [-0.2, -0.15) is 26.3 Å². The highest BCUT2D eigenvalue weighted by molar-refractivity contribution is 5.92. The summed E-state index contributed by atoms with van der Waals surface area (Å²) in [5.74, 6) is -1.28. The van der Waals surface area contributed by atoms with E-state index < -0.39 is 47.6 Å². The Labute approximate surface area is 231 Å². The van der Waals surface area contributed by atoms with Gasteiger partial charge in [-0.15, -0.1) is 0 Å². The molecule has 3 aliphatic heterocycles. The maximum Gasteiger partial charge on any atom is 0.416 e. The smallest absolute Gasteiger partial charge is 0.372 e. The molecule has 2 aromatic rings. The highest BCUT2D eigenvalue weighted by Crippen LogP contribution is 2.47. The number of hydrogen-bond acceptors (Lipinski definition) is 5. The van der Waals surface area contributed by atoms with E-state index in [-0.39, 0.29) is 49.1 Å². The second-order valence-electron chi connectivity index (χ2n) is 10.8. The summed E-state index contributed by atoms with van der Waals surface area (Å²) < 4.78 is 112. The summed E-state index contributed by atoms with van der Waals surface area (Å²) in [6, 6.07) is 5.61. The van der Waals surface area contributed by atoms with Crippen LogP contribution >= 0.6 is 0 Å². The first kappa shape index (κ1) is 29.5. The van der Waals surface area contributed by atoms with Gasteiger partial charge in [-0.05, 0) is 66.8 Å². The normalized spacial score (nSPS) is 26.1. The number of alkyl halides is 6. The van der Waals surface area contributed by atoms with Gasteiger partial charge in [0.25, 0.3) is 0 Å². The van der Waals surface area contributed by atoms with Crippen molar-refractivity contribution in [2.24, 2.45) is 11.8 Å². The van der Waals surface area contributed by atoms with Crippen LogP contribution in [0.1, 0.15) is 46.8 Å². The summed E-state index contributed by atoms with van der Waals surface area (Å²) >= 11 is 0. The Kier molecular flexibility index (Phi) is 7.95. The van der Waals surface area contributed by atoms with E-state index in [0.29, 0.717) is 36.3 Å². The number of aryl methyl sites for hydroxylation is 1. The molecule has 2 fully saturated rings. The monoisotopic (exact) mass is 587 g/mol. The molecule has 0 amide bonds. The second kappa shape index (κ2) is 11.0. The van der Waals surface area contributed by atoms with Crippen LogP contribution in [0, 0.1) is 24.6 Å². The molecule has 3 heterocycles. The van der Waals surface area contributed by atoms with E-state index in [1.165, 1.54) is 19.1 Å². The number of rotatable bonds is 5. The van der Waals surface area contributed by atoms with Crippen molar-refractivity contribution in [1.29, 1.82) is 0 Å². The molecule has 5 rings (SSSR count). The quantitative estimate of drug-likeness (QED) is 0.378. The van der Waals surface area contributed by atoms with E-state index in [0.717, 1.165) is 5.70 Å². The van der Waals surface area contributed by atoms with Crippen molar-refractivity contribution >= 4 is 5.78 Å². The van der Waals surface area contributed by atoms with Crippen LogP contribution in [0.2, 0.25) is 0 Å². The molecule has 0 aromatic heterocycles. The van der Waals surface area contributed by atoms with Gasteiger partial charge < -0.3 is 19.1 Å². The fourth-order valence-corrected chi connectivity index (χ4v) is 5.95. The molecule has 0 radical (unpaired) electrons. The first-order chi connectivity index (χ1) is 19.2. The van der Waals surface area contributed by atoms with Gasteiger partial charge in [0.2, 0.25) is 0 Å². The van der Waals surface area contributed by atoms with Crippen LogP contribution in [0.25, 0.3) is 0 Å². The van der Waals surface area contributed by atoms with Gasteiger partial charge >= 0.3 is 12.4 Å². The molecule has 222 valence electrons. The van der Waals surface area contributed by atoms with Crippen molar-refractivity contribution in [2.45, 2.75) is 44.5 Å². The SMILES string of the molecule is Cc1cc(F)ccc1[C@H]1C2CN(C3=CC(=O)COC3)C[C@H]2CO[C@@H]1O[C@H](C)c1cc(C(F)(F)F)cc(C(F)(F)F)c1. The lowest BCUT2D eigenvalue weighted by Crippen LogP contribution is -2.42. The highest BCUT2D eigenvalue weighted by Gasteiger charge is 2.48. The standard InChI is InChI=1S/C29H28F7NO4/c1-15-5-21(30)3-4-24(15)26-25-11-37(22-9-23(38)14-39-13-22)10-18(25)12-40-27(26)41-16(2)17-6-19(28(31,32)33)8-20(7-17)29(34,35)36/h3-9,16,18,25-27H,10-14H2,1-2H3/t16-,18+,25?,26+,27-/m1/s1. The largest absolute Gasteiger partial charge is 0.416 e. The second-order valence-corrected chi connectivity index (χ2v) is 10.8. The zero-order valence-electron chi connectivity index (χ0n) is 22.2. The van der Waals surface area contributed by atoms with Gasteiger partial charge in [0.15, 0.2) is 12.1 Å². The van der Waals surface area contributed by atoms with Gasteiger partial charge in [0, 0.05) is 36.7 Å². The number of ketones is 1. The average molecular weight is 588 g/mol. The van der Waals surface area contributed by atoms with Crippen LogP contribution in [0.3, 0.4) is 0 Å². The number of ether oxygens (including phenoxy) is 3. The minimum Gasteiger partial charge on any atom is -0.372 e. The summed E-state index contributed by atoms with van der Waals surface area (Å²) in [7, 11) is 0.